The average Bonchev–Trinajstić information content (AvgIpc) is 2.34. The van der Waals surface area contributed by atoms with Gasteiger partial charge in [-0.1, -0.05) is 15.9 Å². The summed E-state index contributed by atoms with van der Waals surface area (Å²) in [5, 5.41) is -0.438. The molecule has 0 aliphatic carbocycles. The van der Waals surface area contributed by atoms with E-state index < -0.39 is 46.4 Å². The number of carbonyl (C=O) groups excluding carboxylic acids is 1. The second kappa shape index (κ2) is 6.71. The van der Waals surface area contributed by atoms with Crippen LogP contribution in [0.2, 0.25) is 0 Å². The van der Waals surface area contributed by atoms with Crippen LogP contribution in [0.25, 0.3) is 0 Å². The van der Waals surface area contributed by atoms with Gasteiger partial charge in [0.05, 0.1) is 6.61 Å². The number of aromatic nitrogens is 1. The van der Waals surface area contributed by atoms with Crippen molar-refractivity contribution in [1.82, 2.24) is 4.98 Å². The van der Waals surface area contributed by atoms with Gasteiger partial charge in [0, 0.05) is 11.5 Å². The van der Waals surface area contributed by atoms with Crippen molar-refractivity contribution in [3.8, 4) is 5.75 Å². The number of halogens is 7. The lowest BCUT2D eigenvalue weighted by molar-refractivity contribution is -0.276. The lowest BCUT2D eigenvalue weighted by Crippen LogP contribution is -2.24. The SMILES string of the molecule is CCOC(=O)c1ncc(CBr)c(C(F)(F)F)c1OC(F)(F)F. The Kier molecular flexibility index (Phi) is 5.65. The third-order valence-corrected chi connectivity index (χ3v) is 2.83. The molecule has 4 nitrogen and oxygen atoms in total. The summed E-state index contributed by atoms with van der Waals surface area (Å²) < 4.78 is 84.1. The number of hydrogen-bond donors (Lipinski definition) is 0. The zero-order chi connectivity index (χ0) is 17.1. The molecule has 1 rings (SSSR count). The van der Waals surface area contributed by atoms with E-state index in [4.69, 9.17) is 0 Å². The molecule has 0 bridgehead atoms. The minimum atomic E-state index is -5.44. The highest BCUT2D eigenvalue weighted by atomic mass is 79.9. The van der Waals surface area contributed by atoms with Gasteiger partial charge in [0.2, 0.25) is 0 Å². The van der Waals surface area contributed by atoms with E-state index in [0.29, 0.717) is 6.20 Å². The molecule has 1 aromatic rings. The molecule has 0 unspecified atom stereocenters. The summed E-state index contributed by atoms with van der Waals surface area (Å²) in [7, 11) is 0. The van der Waals surface area contributed by atoms with Crippen LogP contribution in [-0.4, -0.2) is 23.9 Å². The minimum absolute atomic E-state index is 0.256. The van der Waals surface area contributed by atoms with Gasteiger partial charge in [-0.2, -0.15) is 13.2 Å². The highest BCUT2D eigenvalue weighted by Gasteiger charge is 2.44. The average molecular weight is 396 g/mol. The molecule has 0 radical (unpaired) electrons. The number of carbonyl (C=O) groups is 1. The van der Waals surface area contributed by atoms with Crippen LogP contribution in [0.15, 0.2) is 6.20 Å². The molecule has 0 aromatic carbocycles. The number of nitrogens with zero attached hydrogens (tertiary/aromatic N) is 1. The molecule has 0 amide bonds. The van der Waals surface area contributed by atoms with E-state index in [9.17, 15) is 31.1 Å². The van der Waals surface area contributed by atoms with Crippen LogP contribution in [0.5, 0.6) is 5.75 Å². The molecule has 1 heterocycles. The van der Waals surface area contributed by atoms with Crippen LogP contribution in [-0.2, 0) is 16.2 Å². The first kappa shape index (κ1) is 18.5. The second-order valence-corrected chi connectivity index (χ2v) is 4.30. The minimum Gasteiger partial charge on any atom is -0.461 e. The molecule has 0 aliphatic heterocycles. The molecule has 0 aliphatic rings. The topological polar surface area (TPSA) is 48.4 Å². The van der Waals surface area contributed by atoms with Crippen molar-refractivity contribution < 1.29 is 40.6 Å². The molecule has 0 saturated carbocycles. The summed E-state index contributed by atoms with van der Waals surface area (Å²) in [6.07, 6.45) is -9.99. The molecular formula is C11H8BrF6NO3. The lowest BCUT2D eigenvalue weighted by atomic mass is 10.1. The van der Waals surface area contributed by atoms with Crippen LogP contribution >= 0.6 is 15.9 Å². The van der Waals surface area contributed by atoms with Crippen molar-refractivity contribution >= 4 is 21.9 Å². The fraction of sp³-hybridized carbons (Fsp3) is 0.455. The fourth-order valence-corrected chi connectivity index (χ4v) is 1.93. The summed E-state index contributed by atoms with van der Waals surface area (Å²) >= 11 is 2.71. The molecule has 124 valence electrons. The van der Waals surface area contributed by atoms with Gasteiger partial charge in [0.25, 0.3) is 0 Å². The van der Waals surface area contributed by atoms with Gasteiger partial charge in [-0.15, -0.1) is 13.2 Å². The van der Waals surface area contributed by atoms with Gasteiger partial charge in [-0.25, -0.2) is 9.78 Å². The monoisotopic (exact) mass is 395 g/mol. The molecular weight excluding hydrogens is 388 g/mol. The van der Waals surface area contributed by atoms with Crippen molar-refractivity contribution in [2.45, 2.75) is 24.8 Å². The second-order valence-electron chi connectivity index (χ2n) is 3.74. The Bertz CT molecular complexity index is 558. The number of rotatable bonds is 4. The van der Waals surface area contributed by atoms with Crippen molar-refractivity contribution in [2.24, 2.45) is 0 Å². The number of alkyl halides is 7. The molecule has 0 saturated heterocycles. The maximum atomic E-state index is 13.1. The lowest BCUT2D eigenvalue weighted by Gasteiger charge is -2.19. The smallest absolute Gasteiger partial charge is 0.461 e. The van der Waals surface area contributed by atoms with Gasteiger partial charge in [0.15, 0.2) is 11.4 Å². The van der Waals surface area contributed by atoms with Crippen molar-refractivity contribution in [3.63, 3.8) is 0 Å². The molecule has 22 heavy (non-hydrogen) atoms. The van der Waals surface area contributed by atoms with E-state index in [0.717, 1.165) is 0 Å². The summed E-state index contributed by atoms with van der Waals surface area (Å²) in [4.78, 5) is 14.8. The van der Waals surface area contributed by atoms with Crippen LogP contribution in [0.4, 0.5) is 26.3 Å². The van der Waals surface area contributed by atoms with E-state index in [2.05, 4.69) is 30.4 Å². The fourth-order valence-electron chi connectivity index (χ4n) is 1.50. The van der Waals surface area contributed by atoms with E-state index in [1.165, 1.54) is 6.92 Å². The van der Waals surface area contributed by atoms with E-state index in [1.54, 1.807) is 0 Å². The summed E-state index contributed by atoms with van der Waals surface area (Å²) in [6.45, 7) is 1.08. The predicted octanol–water partition coefficient (Wildman–Crippen LogP) is 4.07. The number of hydrogen-bond acceptors (Lipinski definition) is 4. The third kappa shape index (κ3) is 4.49. The van der Waals surface area contributed by atoms with Gasteiger partial charge in [-0.05, 0) is 12.5 Å². The van der Waals surface area contributed by atoms with Crippen LogP contribution < -0.4 is 4.74 Å². The zero-order valence-corrected chi connectivity index (χ0v) is 12.4. The van der Waals surface area contributed by atoms with Crippen LogP contribution in [0, 0.1) is 0 Å². The molecule has 0 fully saturated rings. The van der Waals surface area contributed by atoms with Gasteiger partial charge in [-0.3, -0.25) is 0 Å². The maximum Gasteiger partial charge on any atom is 0.573 e. The summed E-state index contributed by atoms with van der Waals surface area (Å²) in [6, 6.07) is 0. The molecule has 0 N–H and O–H groups in total. The maximum absolute atomic E-state index is 13.1. The normalized spacial score (nSPS) is 12.2. The summed E-state index contributed by atoms with van der Waals surface area (Å²) in [5.74, 6) is -3.18. The van der Waals surface area contributed by atoms with E-state index >= 15 is 0 Å². The number of esters is 1. The van der Waals surface area contributed by atoms with Gasteiger partial charge in [0.1, 0.15) is 5.56 Å². The Morgan fingerprint density at radius 1 is 1.27 bits per heavy atom. The van der Waals surface area contributed by atoms with Crippen LogP contribution in [0.1, 0.15) is 28.5 Å². The van der Waals surface area contributed by atoms with Gasteiger partial charge < -0.3 is 9.47 Å². The first-order valence-corrected chi connectivity index (χ1v) is 6.71. The first-order chi connectivity index (χ1) is 10.0. The Balaban J connectivity index is 3.62. The van der Waals surface area contributed by atoms with Crippen molar-refractivity contribution in [3.05, 3.63) is 23.0 Å². The Morgan fingerprint density at radius 2 is 1.86 bits per heavy atom. The molecule has 11 heteroatoms. The first-order valence-electron chi connectivity index (χ1n) is 5.59. The third-order valence-electron chi connectivity index (χ3n) is 2.23. The highest BCUT2D eigenvalue weighted by molar-refractivity contribution is 9.08. The summed E-state index contributed by atoms with van der Waals surface area (Å²) in [5.41, 5.74) is -3.55. The van der Waals surface area contributed by atoms with E-state index in [-0.39, 0.29) is 6.61 Å². The number of pyridine rings is 1. The number of ether oxygens (including phenoxy) is 2. The van der Waals surface area contributed by atoms with E-state index in [1.807, 2.05) is 0 Å². The van der Waals surface area contributed by atoms with Crippen LogP contribution in [0.3, 0.4) is 0 Å². The highest BCUT2D eigenvalue weighted by Crippen LogP contribution is 2.42. The molecule has 1 aromatic heterocycles. The van der Waals surface area contributed by atoms with Crippen molar-refractivity contribution in [2.75, 3.05) is 6.61 Å². The molecule has 0 atom stereocenters. The molecule has 0 spiro atoms. The Labute approximate surface area is 128 Å². The van der Waals surface area contributed by atoms with Gasteiger partial charge >= 0.3 is 18.5 Å². The Morgan fingerprint density at radius 3 is 2.27 bits per heavy atom. The zero-order valence-electron chi connectivity index (χ0n) is 10.8. The quantitative estimate of drug-likeness (QED) is 0.438. The standard InChI is InChI=1S/C11H8BrF6NO3/c1-2-21-9(20)7-8(22-11(16,17)18)6(10(13,14)15)5(3-12)4-19-7/h4H,2-3H2,1H3. The Hall–Kier alpha value is -1.52. The predicted molar refractivity (Wildman–Crippen MR) is 64.5 cm³/mol. The van der Waals surface area contributed by atoms with Crippen molar-refractivity contribution in [1.29, 1.82) is 0 Å². The largest absolute Gasteiger partial charge is 0.573 e.